The Kier molecular flexibility index (Phi) is 4.83. The zero-order chi connectivity index (χ0) is 16.1. The fraction of sp³-hybridized carbons (Fsp3) is 0.353. The molecule has 0 spiro atoms. The summed E-state index contributed by atoms with van der Waals surface area (Å²) in [5.74, 6) is 0.629. The van der Waals surface area contributed by atoms with Crippen LogP contribution in [0.3, 0.4) is 0 Å². The molecule has 2 atom stereocenters. The van der Waals surface area contributed by atoms with Crippen molar-refractivity contribution in [1.29, 1.82) is 0 Å². The van der Waals surface area contributed by atoms with Crippen LogP contribution in [0.2, 0.25) is 0 Å². The van der Waals surface area contributed by atoms with E-state index in [4.69, 9.17) is 4.74 Å². The van der Waals surface area contributed by atoms with Gasteiger partial charge in [0.15, 0.2) is 5.82 Å². The number of hydrogen-bond acceptors (Lipinski definition) is 4. The number of urea groups is 1. The van der Waals surface area contributed by atoms with Crippen molar-refractivity contribution in [3.63, 3.8) is 0 Å². The highest BCUT2D eigenvalue weighted by atomic mass is 16.5. The number of anilines is 1. The summed E-state index contributed by atoms with van der Waals surface area (Å²) in [4.78, 5) is 20.6. The van der Waals surface area contributed by atoms with Gasteiger partial charge in [0.2, 0.25) is 0 Å². The first-order valence-corrected chi connectivity index (χ1v) is 7.79. The molecule has 6 heteroatoms. The molecule has 1 saturated heterocycles. The summed E-state index contributed by atoms with van der Waals surface area (Å²) in [7, 11) is 0. The quantitative estimate of drug-likeness (QED) is 0.910. The number of carbonyl (C=O) groups excluding carboxylic acids is 1. The van der Waals surface area contributed by atoms with Crippen LogP contribution in [0.1, 0.15) is 19.8 Å². The standard InChI is InChI=1S/C17H20N4O2/c1-12(15-8-5-9-23-15)20-17(22)21-14-10-18-16(19-11-14)13-6-3-2-4-7-13/h2-4,6-7,10-12,15H,5,8-9H2,1H3,(H2,20,21,22)/t12-,15-/m0/s1. The minimum absolute atomic E-state index is 0.0259. The minimum atomic E-state index is -0.274. The Hall–Kier alpha value is -2.47. The summed E-state index contributed by atoms with van der Waals surface area (Å²) in [6.45, 7) is 2.72. The van der Waals surface area contributed by atoms with Crippen LogP contribution >= 0.6 is 0 Å². The first-order chi connectivity index (χ1) is 11.2. The SMILES string of the molecule is C[C@H](NC(=O)Nc1cnc(-c2ccccc2)nc1)[C@@H]1CCCO1. The molecule has 0 saturated carbocycles. The van der Waals surface area contributed by atoms with Crippen molar-refractivity contribution in [2.24, 2.45) is 0 Å². The van der Waals surface area contributed by atoms with Crippen molar-refractivity contribution in [1.82, 2.24) is 15.3 Å². The highest BCUT2D eigenvalue weighted by molar-refractivity contribution is 5.89. The maximum absolute atomic E-state index is 12.0. The second kappa shape index (κ2) is 7.19. The first kappa shape index (κ1) is 15.4. The molecule has 1 aliphatic rings. The van der Waals surface area contributed by atoms with Gasteiger partial charge in [-0.3, -0.25) is 0 Å². The fourth-order valence-corrected chi connectivity index (χ4v) is 2.59. The number of nitrogens with one attached hydrogen (secondary N) is 2. The molecule has 0 aliphatic carbocycles. The second-order valence-electron chi connectivity index (χ2n) is 5.60. The number of aromatic nitrogens is 2. The van der Waals surface area contributed by atoms with Gasteiger partial charge in [-0.2, -0.15) is 0 Å². The molecule has 2 N–H and O–H groups in total. The van der Waals surface area contributed by atoms with Crippen LogP contribution in [0.25, 0.3) is 11.4 Å². The molecule has 2 heterocycles. The number of nitrogens with zero attached hydrogens (tertiary/aromatic N) is 2. The Balaban J connectivity index is 1.56. The number of rotatable bonds is 4. The van der Waals surface area contributed by atoms with Crippen LogP contribution in [0, 0.1) is 0 Å². The Labute approximate surface area is 135 Å². The molecule has 0 unspecified atom stereocenters. The molecule has 0 radical (unpaired) electrons. The zero-order valence-corrected chi connectivity index (χ0v) is 13.0. The van der Waals surface area contributed by atoms with Crippen molar-refractivity contribution in [3.05, 3.63) is 42.7 Å². The molecule has 6 nitrogen and oxygen atoms in total. The molecule has 2 aromatic rings. The van der Waals surface area contributed by atoms with Crippen LogP contribution in [0.5, 0.6) is 0 Å². The van der Waals surface area contributed by atoms with Crippen LogP contribution in [-0.2, 0) is 4.74 Å². The molecule has 0 bridgehead atoms. The lowest BCUT2D eigenvalue weighted by Crippen LogP contribution is -2.43. The summed E-state index contributed by atoms with van der Waals surface area (Å²) in [6.07, 6.45) is 5.33. The molecule has 1 aliphatic heterocycles. The van der Waals surface area contributed by atoms with Gasteiger partial charge < -0.3 is 15.4 Å². The van der Waals surface area contributed by atoms with Crippen LogP contribution < -0.4 is 10.6 Å². The van der Waals surface area contributed by atoms with E-state index in [1.54, 1.807) is 12.4 Å². The van der Waals surface area contributed by atoms with E-state index in [1.165, 1.54) is 0 Å². The van der Waals surface area contributed by atoms with E-state index in [0.29, 0.717) is 11.5 Å². The van der Waals surface area contributed by atoms with Gasteiger partial charge in [-0.15, -0.1) is 0 Å². The third kappa shape index (κ3) is 4.04. The Bertz CT molecular complexity index is 639. The van der Waals surface area contributed by atoms with Crippen molar-refractivity contribution < 1.29 is 9.53 Å². The average molecular weight is 312 g/mol. The molecule has 120 valence electrons. The maximum atomic E-state index is 12.0. The summed E-state index contributed by atoms with van der Waals surface area (Å²) in [5, 5.41) is 5.63. The van der Waals surface area contributed by atoms with Gasteiger partial charge in [0, 0.05) is 12.2 Å². The summed E-state index contributed by atoms with van der Waals surface area (Å²) >= 11 is 0. The lowest BCUT2D eigenvalue weighted by Gasteiger charge is -2.20. The highest BCUT2D eigenvalue weighted by Gasteiger charge is 2.23. The lowest BCUT2D eigenvalue weighted by atomic mass is 10.1. The third-order valence-corrected chi connectivity index (χ3v) is 3.82. The smallest absolute Gasteiger partial charge is 0.319 e. The number of carbonyl (C=O) groups is 1. The molecule has 1 aromatic carbocycles. The van der Waals surface area contributed by atoms with Gasteiger partial charge in [0.25, 0.3) is 0 Å². The molecule has 1 fully saturated rings. The maximum Gasteiger partial charge on any atom is 0.319 e. The minimum Gasteiger partial charge on any atom is -0.376 e. The number of ether oxygens (including phenoxy) is 1. The van der Waals surface area contributed by atoms with Gasteiger partial charge >= 0.3 is 6.03 Å². The van der Waals surface area contributed by atoms with Crippen LogP contribution in [0.15, 0.2) is 42.7 Å². The van der Waals surface area contributed by atoms with Gasteiger partial charge in [0.05, 0.1) is 30.2 Å². The molecule has 23 heavy (non-hydrogen) atoms. The second-order valence-corrected chi connectivity index (χ2v) is 5.60. The predicted octanol–water partition coefficient (Wildman–Crippen LogP) is 2.83. The number of hydrogen-bond donors (Lipinski definition) is 2. The van der Waals surface area contributed by atoms with Gasteiger partial charge in [0.1, 0.15) is 0 Å². The molecule has 2 amide bonds. The molecular formula is C17H20N4O2. The van der Waals surface area contributed by atoms with Crippen molar-refractivity contribution in [2.45, 2.75) is 31.9 Å². The van der Waals surface area contributed by atoms with Gasteiger partial charge in [-0.25, -0.2) is 14.8 Å². The fourth-order valence-electron chi connectivity index (χ4n) is 2.59. The topological polar surface area (TPSA) is 76.1 Å². The number of amides is 2. The normalized spacial score (nSPS) is 18.4. The Morgan fingerprint density at radius 2 is 2.00 bits per heavy atom. The van der Waals surface area contributed by atoms with E-state index >= 15 is 0 Å². The highest BCUT2D eigenvalue weighted by Crippen LogP contribution is 2.16. The van der Waals surface area contributed by atoms with E-state index in [0.717, 1.165) is 25.0 Å². The van der Waals surface area contributed by atoms with Crippen molar-refractivity contribution in [2.75, 3.05) is 11.9 Å². The van der Waals surface area contributed by atoms with Gasteiger partial charge in [-0.05, 0) is 19.8 Å². The van der Waals surface area contributed by atoms with Crippen molar-refractivity contribution >= 4 is 11.7 Å². The molecular weight excluding hydrogens is 292 g/mol. The average Bonchev–Trinajstić information content (AvgIpc) is 3.11. The van der Waals surface area contributed by atoms with E-state index in [-0.39, 0.29) is 18.2 Å². The van der Waals surface area contributed by atoms with E-state index < -0.39 is 0 Å². The summed E-state index contributed by atoms with van der Waals surface area (Å²) < 4.78 is 5.56. The van der Waals surface area contributed by atoms with Crippen LogP contribution in [0.4, 0.5) is 10.5 Å². The summed E-state index contributed by atoms with van der Waals surface area (Å²) in [5.41, 5.74) is 1.50. The zero-order valence-electron chi connectivity index (χ0n) is 13.0. The van der Waals surface area contributed by atoms with Gasteiger partial charge in [-0.1, -0.05) is 30.3 Å². The van der Waals surface area contributed by atoms with Crippen molar-refractivity contribution in [3.8, 4) is 11.4 Å². The largest absolute Gasteiger partial charge is 0.376 e. The monoisotopic (exact) mass is 312 g/mol. The first-order valence-electron chi connectivity index (χ1n) is 7.79. The molecule has 1 aromatic heterocycles. The molecule has 3 rings (SSSR count). The van der Waals surface area contributed by atoms with E-state index in [2.05, 4.69) is 20.6 Å². The number of benzene rings is 1. The van der Waals surface area contributed by atoms with E-state index in [9.17, 15) is 4.79 Å². The van der Waals surface area contributed by atoms with Crippen LogP contribution in [-0.4, -0.2) is 34.8 Å². The Morgan fingerprint density at radius 1 is 1.26 bits per heavy atom. The lowest BCUT2D eigenvalue weighted by molar-refractivity contribution is 0.0868. The third-order valence-electron chi connectivity index (χ3n) is 3.82. The predicted molar refractivity (Wildman–Crippen MR) is 88.1 cm³/mol. The Morgan fingerprint density at radius 3 is 2.65 bits per heavy atom. The van der Waals surface area contributed by atoms with E-state index in [1.807, 2.05) is 37.3 Å². The summed E-state index contributed by atoms with van der Waals surface area (Å²) in [6, 6.07) is 9.40.